The molecule has 1 aliphatic heterocycles. The first-order valence-corrected chi connectivity index (χ1v) is 4.90. The van der Waals surface area contributed by atoms with Crippen molar-refractivity contribution in [1.82, 2.24) is 9.88 Å². The molecule has 1 N–H and O–H groups in total. The van der Waals surface area contributed by atoms with Gasteiger partial charge in [0.1, 0.15) is 5.82 Å². The first-order chi connectivity index (χ1) is 6.95. The zero-order valence-corrected chi connectivity index (χ0v) is 8.15. The van der Waals surface area contributed by atoms with Crippen LogP contribution in [0.25, 0.3) is 0 Å². The van der Waals surface area contributed by atoms with E-state index in [1.54, 1.807) is 6.20 Å². The van der Waals surface area contributed by atoms with Crippen LogP contribution in [0, 0.1) is 0 Å². The third kappa shape index (κ3) is 2.68. The van der Waals surface area contributed by atoms with Crippen molar-refractivity contribution in [1.29, 1.82) is 0 Å². The molecule has 2 rings (SSSR count). The molecule has 1 aromatic rings. The molecule has 1 saturated heterocycles. The Kier molecular flexibility index (Phi) is 3.32. The average Bonchev–Trinajstić information content (AvgIpc) is 2.29. The summed E-state index contributed by atoms with van der Waals surface area (Å²) in [6.45, 7) is 4.52. The van der Waals surface area contributed by atoms with Gasteiger partial charge in [0.25, 0.3) is 0 Å². The van der Waals surface area contributed by atoms with Gasteiger partial charge in [0.05, 0.1) is 19.9 Å². The SMILES string of the molecule is c1ccc(NCN2CCOCC2)nc1. The largest absolute Gasteiger partial charge is 0.379 e. The Labute approximate surface area is 83.9 Å². The Morgan fingerprint density at radius 3 is 2.93 bits per heavy atom. The number of rotatable bonds is 3. The minimum absolute atomic E-state index is 0.837. The number of nitrogens with zero attached hydrogens (tertiary/aromatic N) is 2. The van der Waals surface area contributed by atoms with E-state index in [-0.39, 0.29) is 0 Å². The van der Waals surface area contributed by atoms with E-state index in [1.165, 1.54) is 0 Å². The van der Waals surface area contributed by atoms with Gasteiger partial charge in [-0.1, -0.05) is 6.07 Å². The van der Waals surface area contributed by atoms with Gasteiger partial charge in [-0.2, -0.15) is 0 Å². The third-order valence-corrected chi connectivity index (χ3v) is 2.25. The molecule has 0 bridgehead atoms. The summed E-state index contributed by atoms with van der Waals surface area (Å²) in [7, 11) is 0. The normalized spacial score (nSPS) is 18.0. The summed E-state index contributed by atoms with van der Waals surface area (Å²) in [4.78, 5) is 6.51. The fourth-order valence-corrected chi connectivity index (χ4v) is 1.42. The molecule has 0 spiro atoms. The Hall–Kier alpha value is -1.13. The number of hydrogen-bond donors (Lipinski definition) is 1. The summed E-state index contributed by atoms with van der Waals surface area (Å²) < 4.78 is 5.27. The summed E-state index contributed by atoms with van der Waals surface area (Å²) in [5.41, 5.74) is 0. The maximum atomic E-state index is 5.27. The van der Waals surface area contributed by atoms with Gasteiger partial charge in [0, 0.05) is 19.3 Å². The van der Waals surface area contributed by atoms with Gasteiger partial charge in [0.15, 0.2) is 0 Å². The topological polar surface area (TPSA) is 37.4 Å². The fraction of sp³-hybridized carbons (Fsp3) is 0.500. The quantitative estimate of drug-likeness (QED) is 0.770. The molecule has 1 aromatic heterocycles. The van der Waals surface area contributed by atoms with Gasteiger partial charge in [-0.25, -0.2) is 4.98 Å². The van der Waals surface area contributed by atoms with Gasteiger partial charge in [-0.3, -0.25) is 4.90 Å². The average molecular weight is 193 g/mol. The standard InChI is InChI=1S/C10H15N3O/c1-2-4-11-10(3-1)12-9-13-5-7-14-8-6-13/h1-4H,5-9H2,(H,11,12). The lowest BCUT2D eigenvalue weighted by atomic mass is 10.4. The highest BCUT2D eigenvalue weighted by Gasteiger charge is 2.08. The smallest absolute Gasteiger partial charge is 0.126 e. The van der Waals surface area contributed by atoms with E-state index in [9.17, 15) is 0 Å². The van der Waals surface area contributed by atoms with Crippen LogP contribution in [0.15, 0.2) is 24.4 Å². The summed E-state index contributed by atoms with van der Waals surface area (Å²) in [5, 5.41) is 3.27. The summed E-state index contributed by atoms with van der Waals surface area (Å²) in [6.07, 6.45) is 1.79. The van der Waals surface area contributed by atoms with Crippen LogP contribution < -0.4 is 5.32 Å². The monoisotopic (exact) mass is 193 g/mol. The molecule has 0 atom stereocenters. The van der Waals surface area contributed by atoms with Crippen molar-refractivity contribution in [2.24, 2.45) is 0 Å². The number of nitrogens with one attached hydrogen (secondary N) is 1. The molecular weight excluding hydrogens is 178 g/mol. The number of pyridine rings is 1. The Balaban J connectivity index is 1.76. The minimum Gasteiger partial charge on any atom is -0.379 e. The lowest BCUT2D eigenvalue weighted by Gasteiger charge is -2.26. The Morgan fingerprint density at radius 1 is 1.36 bits per heavy atom. The van der Waals surface area contributed by atoms with Crippen LogP contribution in [0.5, 0.6) is 0 Å². The van der Waals surface area contributed by atoms with Gasteiger partial charge >= 0.3 is 0 Å². The van der Waals surface area contributed by atoms with E-state index in [0.29, 0.717) is 0 Å². The lowest BCUT2D eigenvalue weighted by Crippen LogP contribution is -2.39. The van der Waals surface area contributed by atoms with Crippen LogP contribution >= 0.6 is 0 Å². The number of hydrogen-bond acceptors (Lipinski definition) is 4. The van der Waals surface area contributed by atoms with Crippen LogP contribution in [0.2, 0.25) is 0 Å². The van der Waals surface area contributed by atoms with E-state index in [1.807, 2.05) is 18.2 Å². The highest BCUT2D eigenvalue weighted by atomic mass is 16.5. The molecule has 76 valence electrons. The predicted octanol–water partition coefficient (Wildman–Crippen LogP) is 0.783. The van der Waals surface area contributed by atoms with E-state index in [4.69, 9.17) is 4.74 Å². The molecule has 1 fully saturated rings. The van der Waals surface area contributed by atoms with Gasteiger partial charge in [0.2, 0.25) is 0 Å². The molecule has 0 radical (unpaired) electrons. The first kappa shape index (κ1) is 9.43. The zero-order chi connectivity index (χ0) is 9.64. The molecule has 0 amide bonds. The number of aromatic nitrogens is 1. The molecule has 0 unspecified atom stereocenters. The van der Waals surface area contributed by atoms with Crippen molar-refractivity contribution in [3.63, 3.8) is 0 Å². The highest BCUT2D eigenvalue weighted by Crippen LogP contribution is 2.01. The van der Waals surface area contributed by atoms with Crippen LogP contribution in [0.1, 0.15) is 0 Å². The molecule has 14 heavy (non-hydrogen) atoms. The van der Waals surface area contributed by atoms with Crippen molar-refractivity contribution in [3.05, 3.63) is 24.4 Å². The second-order valence-electron chi connectivity index (χ2n) is 3.28. The first-order valence-electron chi connectivity index (χ1n) is 4.90. The molecule has 4 heteroatoms. The minimum atomic E-state index is 0.837. The Morgan fingerprint density at radius 2 is 2.21 bits per heavy atom. The molecule has 1 aliphatic rings. The maximum Gasteiger partial charge on any atom is 0.126 e. The van der Waals surface area contributed by atoms with Crippen molar-refractivity contribution in [3.8, 4) is 0 Å². The third-order valence-electron chi connectivity index (χ3n) is 2.25. The predicted molar refractivity (Wildman–Crippen MR) is 55.1 cm³/mol. The van der Waals surface area contributed by atoms with E-state index in [0.717, 1.165) is 38.8 Å². The van der Waals surface area contributed by atoms with Gasteiger partial charge < -0.3 is 10.1 Å². The molecule has 4 nitrogen and oxygen atoms in total. The van der Waals surface area contributed by atoms with Crippen LogP contribution in [-0.4, -0.2) is 42.9 Å². The maximum absolute atomic E-state index is 5.27. The summed E-state index contributed by atoms with van der Waals surface area (Å²) >= 11 is 0. The van der Waals surface area contributed by atoms with Crippen LogP contribution in [0.3, 0.4) is 0 Å². The summed E-state index contributed by atoms with van der Waals surface area (Å²) in [5.74, 6) is 0.930. The molecule has 0 aliphatic carbocycles. The van der Waals surface area contributed by atoms with E-state index in [2.05, 4.69) is 15.2 Å². The molecule has 2 heterocycles. The Bertz CT molecular complexity index is 259. The summed E-state index contributed by atoms with van der Waals surface area (Å²) in [6, 6.07) is 5.87. The number of ether oxygens (including phenoxy) is 1. The second-order valence-corrected chi connectivity index (χ2v) is 3.28. The van der Waals surface area contributed by atoms with Gasteiger partial charge in [-0.15, -0.1) is 0 Å². The van der Waals surface area contributed by atoms with Crippen LogP contribution in [-0.2, 0) is 4.74 Å². The van der Waals surface area contributed by atoms with Crippen molar-refractivity contribution in [2.75, 3.05) is 38.3 Å². The number of morpholine rings is 1. The van der Waals surface area contributed by atoms with E-state index >= 15 is 0 Å². The van der Waals surface area contributed by atoms with Crippen molar-refractivity contribution in [2.45, 2.75) is 0 Å². The molecule has 0 aromatic carbocycles. The second kappa shape index (κ2) is 4.93. The van der Waals surface area contributed by atoms with Crippen molar-refractivity contribution < 1.29 is 4.74 Å². The lowest BCUT2D eigenvalue weighted by molar-refractivity contribution is 0.0414. The fourth-order valence-electron chi connectivity index (χ4n) is 1.42. The highest BCUT2D eigenvalue weighted by molar-refractivity contribution is 5.32. The zero-order valence-electron chi connectivity index (χ0n) is 8.15. The van der Waals surface area contributed by atoms with E-state index < -0.39 is 0 Å². The van der Waals surface area contributed by atoms with Crippen molar-refractivity contribution >= 4 is 5.82 Å². The molecular formula is C10H15N3O. The van der Waals surface area contributed by atoms with Crippen LogP contribution in [0.4, 0.5) is 5.82 Å². The number of anilines is 1. The molecule has 0 saturated carbocycles. The van der Waals surface area contributed by atoms with Gasteiger partial charge in [-0.05, 0) is 12.1 Å².